The highest BCUT2D eigenvalue weighted by Crippen LogP contribution is 2.38. The molecule has 0 aromatic heterocycles. The highest BCUT2D eigenvalue weighted by atomic mass is 31.2. The van der Waals surface area contributed by atoms with E-state index in [0.717, 1.165) is 109 Å². The first-order valence-corrected chi connectivity index (χ1v) is 33.4. The fourth-order valence-corrected chi connectivity index (χ4v) is 9.42. The summed E-state index contributed by atoms with van der Waals surface area (Å²) in [6.45, 7) is 4.50. The molecule has 1 amide bonds. The van der Waals surface area contributed by atoms with Crippen molar-refractivity contribution in [2.45, 2.75) is 270 Å². The molecule has 2 N–H and O–H groups in total. The van der Waals surface area contributed by atoms with E-state index < -0.39 is 26.6 Å². The maximum Gasteiger partial charge on any atom is 0.268 e. The van der Waals surface area contributed by atoms with E-state index in [1.807, 2.05) is 27.2 Å². The molecule has 78 heavy (non-hydrogen) atoms. The number of carbonyl (C=O) groups is 1. The van der Waals surface area contributed by atoms with Crippen molar-refractivity contribution in [3.63, 3.8) is 0 Å². The van der Waals surface area contributed by atoms with Gasteiger partial charge in [-0.3, -0.25) is 9.36 Å². The zero-order valence-electron chi connectivity index (χ0n) is 51.1. The summed E-state index contributed by atoms with van der Waals surface area (Å²) in [5.41, 5.74) is 0. The van der Waals surface area contributed by atoms with Gasteiger partial charge < -0.3 is 28.8 Å². The predicted molar refractivity (Wildman–Crippen MR) is 339 cm³/mol. The summed E-state index contributed by atoms with van der Waals surface area (Å²) in [7, 11) is 1.20. The Hall–Kier alpha value is -3.10. The maximum absolute atomic E-state index is 13.0. The van der Waals surface area contributed by atoms with Gasteiger partial charge in [-0.25, -0.2) is 0 Å². The van der Waals surface area contributed by atoms with Crippen molar-refractivity contribution in [1.82, 2.24) is 5.32 Å². The van der Waals surface area contributed by atoms with Gasteiger partial charge in [0.05, 0.1) is 39.9 Å². The molecule has 8 nitrogen and oxygen atoms in total. The summed E-state index contributed by atoms with van der Waals surface area (Å²) in [6, 6.07) is -0.932. The monoisotopic (exact) mass is 1100 g/mol. The van der Waals surface area contributed by atoms with Crippen LogP contribution >= 0.6 is 7.82 Å². The van der Waals surface area contributed by atoms with Crippen LogP contribution in [0.25, 0.3) is 0 Å². The van der Waals surface area contributed by atoms with Crippen molar-refractivity contribution in [2.75, 3.05) is 40.9 Å². The molecular formula is C69H121N2O6P. The Morgan fingerprint density at radius 2 is 0.795 bits per heavy atom. The molecule has 0 radical (unpaired) electrons. The average Bonchev–Trinajstić information content (AvgIpc) is 3.41. The quantitative estimate of drug-likeness (QED) is 0.0272. The van der Waals surface area contributed by atoms with E-state index >= 15 is 0 Å². The minimum Gasteiger partial charge on any atom is -0.756 e. The lowest BCUT2D eigenvalue weighted by Gasteiger charge is -2.29. The van der Waals surface area contributed by atoms with Gasteiger partial charge in [0.25, 0.3) is 7.82 Å². The highest BCUT2D eigenvalue weighted by molar-refractivity contribution is 7.45. The van der Waals surface area contributed by atoms with E-state index in [9.17, 15) is 19.4 Å². The van der Waals surface area contributed by atoms with Crippen molar-refractivity contribution in [3.05, 3.63) is 122 Å². The number of nitrogens with one attached hydrogen (secondary N) is 1. The number of rotatable bonds is 57. The molecule has 0 bridgehead atoms. The van der Waals surface area contributed by atoms with Crippen molar-refractivity contribution in [1.29, 1.82) is 0 Å². The minimum atomic E-state index is -4.63. The second kappa shape index (κ2) is 58.6. The first kappa shape index (κ1) is 74.9. The standard InChI is InChI=1S/C69H121N2O6P/c1-6-8-10-12-14-16-18-20-22-24-26-28-30-32-34-35-37-38-40-42-44-46-48-50-52-54-56-58-60-62-68(72)67(66-77-78(74,75)76-65-64-71(3,4)5)70-69(73)63-61-59-57-55-53-51-49-47-45-43-41-39-36-33-31-29-27-25-23-21-19-17-15-13-11-9-7-2/h9,11,15,17,21,23,27,29,33,36,41,43-44,46-47,49,52,54,60,62,67-68,72H,6-8,10,12-14,16,18-20,22,24-26,28,30-32,34-35,37-40,42,45,48,50-51,53,55-59,61,63-66H2,1-5H3,(H-,70,73,74,75)/b11-9-,17-15-,23-21-,29-27-,36-33-,43-41-,46-44+,49-47-,54-52+,62-60+. The highest BCUT2D eigenvalue weighted by Gasteiger charge is 2.23. The number of hydrogen-bond acceptors (Lipinski definition) is 6. The average molecular weight is 1110 g/mol. The molecule has 0 aliphatic rings. The summed E-state index contributed by atoms with van der Waals surface area (Å²) < 4.78 is 23.4. The molecule has 0 saturated heterocycles. The first-order valence-electron chi connectivity index (χ1n) is 31.9. The molecule has 0 aromatic rings. The molecule has 0 aliphatic carbocycles. The number of nitrogens with zero attached hydrogens (tertiary/aromatic N) is 1. The zero-order chi connectivity index (χ0) is 57.0. The molecule has 0 aliphatic heterocycles. The number of quaternary nitrogens is 1. The van der Waals surface area contributed by atoms with Gasteiger partial charge in [-0.15, -0.1) is 0 Å². The van der Waals surface area contributed by atoms with Crippen LogP contribution in [0.2, 0.25) is 0 Å². The van der Waals surface area contributed by atoms with Crippen molar-refractivity contribution in [3.8, 4) is 0 Å². The van der Waals surface area contributed by atoms with Crippen LogP contribution in [0.1, 0.15) is 258 Å². The predicted octanol–water partition coefficient (Wildman–Crippen LogP) is 19.5. The number of carbonyl (C=O) groups excluding carboxylic acids is 1. The SMILES string of the molecule is CC/C=C\C/C=C\C/C=C\C/C=C\C/C=C\C/C=C\C/C=C\CCCCCCCC(=O)NC(COP(=O)([O-])OCC[N+](C)(C)C)C(O)/C=C/CC/C=C/CC/C=C/CCCCCCCCCCCCCCCCCCCCC. The van der Waals surface area contributed by atoms with Gasteiger partial charge in [0, 0.05) is 6.42 Å². The Kier molecular flexibility index (Phi) is 56.2. The third kappa shape index (κ3) is 60.5. The van der Waals surface area contributed by atoms with Gasteiger partial charge >= 0.3 is 0 Å². The molecule has 0 spiro atoms. The third-order valence-electron chi connectivity index (χ3n) is 13.6. The van der Waals surface area contributed by atoms with E-state index in [0.29, 0.717) is 17.4 Å². The van der Waals surface area contributed by atoms with Crippen LogP contribution in [0.15, 0.2) is 122 Å². The van der Waals surface area contributed by atoms with Gasteiger partial charge in [0.2, 0.25) is 5.91 Å². The van der Waals surface area contributed by atoms with E-state index in [-0.39, 0.29) is 12.5 Å². The lowest BCUT2D eigenvalue weighted by atomic mass is 10.0. The minimum absolute atomic E-state index is 0.0200. The van der Waals surface area contributed by atoms with Crippen molar-refractivity contribution < 1.29 is 32.9 Å². The van der Waals surface area contributed by atoms with Crippen molar-refractivity contribution in [2.24, 2.45) is 0 Å². The summed E-state index contributed by atoms with van der Waals surface area (Å²) in [6.07, 6.45) is 87.3. The molecule has 3 unspecified atom stereocenters. The van der Waals surface area contributed by atoms with Crippen molar-refractivity contribution >= 4 is 13.7 Å². The molecule has 0 fully saturated rings. The lowest BCUT2D eigenvalue weighted by molar-refractivity contribution is -0.870. The second-order valence-electron chi connectivity index (χ2n) is 22.4. The molecule has 0 heterocycles. The van der Waals surface area contributed by atoms with Crippen LogP contribution in [0, 0.1) is 0 Å². The van der Waals surface area contributed by atoms with E-state index in [2.05, 4.69) is 129 Å². The molecule has 9 heteroatoms. The Bertz CT molecular complexity index is 1680. The molecule has 448 valence electrons. The summed E-state index contributed by atoms with van der Waals surface area (Å²) in [5.74, 6) is -0.234. The summed E-state index contributed by atoms with van der Waals surface area (Å²) in [5, 5.41) is 13.9. The lowest BCUT2D eigenvalue weighted by Crippen LogP contribution is -2.45. The fourth-order valence-electron chi connectivity index (χ4n) is 8.70. The van der Waals surface area contributed by atoms with Crippen LogP contribution in [0.3, 0.4) is 0 Å². The van der Waals surface area contributed by atoms with Crippen LogP contribution in [-0.2, 0) is 18.4 Å². The maximum atomic E-state index is 13.0. The molecule has 0 aromatic carbocycles. The number of likely N-dealkylation sites (N-methyl/N-ethyl adjacent to an activating group) is 1. The number of phosphoric acid groups is 1. The Morgan fingerprint density at radius 3 is 1.19 bits per heavy atom. The number of allylic oxidation sites excluding steroid dienone is 19. The molecule has 3 atom stereocenters. The topological polar surface area (TPSA) is 108 Å². The van der Waals surface area contributed by atoms with Crippen LogP contribution in [0.5, 0.6) is 0 Å². The van der Waals surface area contributed by atoms with Gasteiger partial charge in [0.1, 0.15) is 13.2 Å². The second-order valence-corrected chi connectivity index (χ2v) is 23.8. The smallest absolute Gasteiger partial charge is 0.268 e. The number of phosphoric ester groups is 1. The van der Waals surface area contributed by atoms with Crippen LogP contribution in [0.4, 0.5) is 0 Å². The number of aliphatic hydroxyl groups excluding tert-OH is 1. The molecule has 0 rings (SSSR count). The van der Waals surface area contributed by atoms with Gasteiger partial charge in [-0.1, -0.05) is 270 Å². The number of unbranched alkanes of at least 4 members (excludes halogenated alkanes) is 26. The van der Waals surface area contributed by atoms with Crippen LogP contribution in [-0.4, -0.2) is 68.5 Å². The Morgan fingerprint density at radius 1 is 0.462 bits per heavy atom. The number of hydrogen-bond donors (Lipinski definition) is 2. The largest absolute Gasteiger partial charge is 0.756 e. The summed E-state index contributed by atoms with van der Waals surface area (Å²) >= 11 is 0. The molecular weight excluding hydrogens is 984 g/mol. The van der Waals surface area contributed by atoms with E-state index in [4.69, 9.17) is 9.05 Å². The summed E-state index contributed by atoms with van der Waals surface area (Å²) in [4.78, 5) is 25.6. The van der Waals surface area contributed by atoms with Gasteiger partial charge in [-0.05, 0) is 103 Å². The van der Waals surface area contributed by atoms with E-state index in [1.54, 1.807) is 6.08 Å². The number of amides is 1. The van der Waals surface area contributed by atoms with Crippen LogP contribution < -0.4 is 10.2 Å². The van der Waals surface area contributed by atoms with Gasteiger partial charge in [0.15, 0.2) is 0 Å². The van der Waals surface area contributed by atoms with E-state index in [1.165, 1.54) is 128 Å². The normalized spacial score (nSPS) is 14.6. The third-order valence-corrected chi connectivity index (χ3v) is 14.6. The first-order chi connectivity index (χ1) is 38.0. The Labute approximate surface area is 482 Å². The van der Waals surface area contributed by atoms with Gasteiger partial charge in [-0.2, -0.15) is 0 Å². The molecule has 0 saturated carbocycles. The zero-order valence-corrected chi connectivity index (χ0v) is 52.0. The Balaban J connectivity index is 4.30. The number of aliphatic hydroxyl groups is 1. The fraction of sp³-hybridized carbons (Fsp3) is 0.696.